The van der Waals surface area contributed by atoms with E-state index in [1.54, 1.807) is 0 Å². The molecule has 0 aromatic heterocycles. The normalized spacial score (nSPS) is 18.6. The monoisotopic (exact) mass is 324 g/mol. The van der Waals surface area contributed by atoms with Gasteiger partial charge in [-0.05, 0) is 43.0 Å². The van der Waals surface area contributed by atoms with Crippen LogP contribution in [0.3, 0.4) is 0 Å². The maximum absolute atomic E-state index is 3.73. The zero-order chi connectivity index (χ0) is 13.9. The largest absolute Gasteiger partial charge is 0.368 e. The molecule has 1 aliphatic rings. The Balaban J connectivity index is 2.26. The first kappa shape index (κ1) is 14.9. The first-order valence-corrected chi connectivity index (χ1v) is 8.22. The van der Waals surface area contributed by atoms with E-state index in [1.807, 2.05) is 0 Å². The number of anilines is 1. The van der Waals surface area contributed by atoms with Crippen molar-refractivity contribution in [1.29, 1.82) is 0 Å². The SMILES string of the molecule is CCc1cc(Br)ccc1N1CCNC(CC)(CC)C1. The van der Waals surface area contributed by atoms with E-state index in [2.05, 4.69) is 65.1 Å². The van der Waals surface area contributed by atoms with Gasteiger partial charge >= 0.3 is 0 Å². The number of hydrogen-bond acceptors (Lipinski definition) is 2. The Labute approximate surface area is 125 Å². The van der Waals surface area contributed by atoms with Crippen molar-refractivity contribution in [1.82, 2.24) is 5.32 Å². The summed E-state index contributed by atoms with van der Waals surface area (Å²) in [6.07, 6.45) is 3.47. The average molecular weight is 325 g/mol. The molecule has 0 saturated carbocycles. The number of hydrogen-bond donors (Lipinski definition) is 1. The number of nitrogens with one attached hydrogen (secondary N) is 1. The van der Waals surface area contributed by atoms with Gasteiger partial charge in [-0.2, -0.15) is 0 Å². The Morgan fingerprint density at radius 3 is 2.63 bits per heavy atom. The molecule has 1 fully saturated rings. The van der Waals surface area contributed by atoms with Gasteiger partial charge in [-0.1, -0.05) is 36.7 Å². The highest BCUT2D eigenvalue weighted by Gasteiger charge is 2.32. The molecule has 2 nitrogen and oxygen atoms in total. The van der Waals surface area contributed by atoms with Crippen LogP contribution < -0.4 is 10.2 Å². The lowest BCUT2D eigenvalue weighted by Crippen LogP contribution is -2.60. The van der Waals surface area contributed by atoms with E-state index in [0.29, 0.717) is 0 Å². The summed E-state index contributed by atoms with van der Waals surface area (Å²) >= 11 is 3.58. The molecule has 19 heavy (non-hydrogen) atoms. The van der Waals surface area contributed by atoms with E-state index < -0.39 is 0 Å². The zero-order valence-corrected chi connectivity index (χ0v) is 13.9. The molecule has 0 radical (unpaired) electrons. The quantitative estimate of drug-likeness (QED) is 0.901. The maximum Gasteiger partial charge on any atom is 0.0400 e. The topological polar surface area (TPSA) is 15.3 Å². The highest BCUT2D eigenvalue weighted by molar-refractivity contribution is 9.10. The van der Waals surface area contributed by atoms with Crippen molar-refractivity contribution in [3.63, 3.8) is 0 Å². The molecule has 3 heteroatoms. The first-order valence-electron chi connectivity index (χ1n) is 7.42. The van der Waals surface area contributed by atoms with Gasteiger partial charge in [-0.15, -0.1) is 0 Å². The molecule has 0 aliphatic carbocycles. The molecule has 106 valence electrons. The van der Waals surface area contributed by atoms with Crippen LogP contribution in [-0.4, -0.2) is 25.2 Å². The van der Waals surface area contributed by atoms with Crippen LogP contribution in [0.1, 0.15) is 39.2 Å². The molecule has 1 saturated heterocycles. The van der Waals surface area contributed by atoms with Gasteiger partial charge in [0.1, 0.15) is 0 Å². The summed E-state index contributed by atoms with van der Waals surface area (Å²) in [5.74, 6) is 0. The van der Waals surface area contributed by atoms with Crippen molar-refractivity contribution < 1.29 is 0 Å². The van der Waals surface area contributed by atoms with Crippen LogP contribution in [0.15, 0.2) is 22.7 Å². The lowest BCUT2D eigenvalue weighted by atomic mass is 9.89. The second-order valence-corrected chi connectivity index (χ2v) is 6.38. The standard InChI is InChI=1S/C16H25BrN2/c1-4-13-11-14(17)7-8-15(13)19-10-9-18-16(5-2,6-3)12-19/h7-8,11,18H,4-6,9-10,12H2,1-3H3. The minimum atomic E-state index is 0.288. The number of benzene rings is 1. The predicted octanol–water partition coefficient (Wildman–Crippen LogP) is 3.98. The third-order valence-corrected chi connectivity index (χ3v) is 4.99. The van der Waals surface area contributed by atoms with E-state index in [4.69, 9.17) is 0 Å². The minimum absolute atomic E-state index is 0.288. The first-order chi connectivity index (χ1) is 9.14. The van der Waals surface area contributed by atoms with Crippen LogP contribution in [0.5, 0.6) is 0 Å². The van der Waals surface area contributed by atoms with Crippen molar-refractivity contribution in [3.8, 4) is 0 Å². The van der Waals surface area contributed by atoms with Gasteiger partial charge in [0, 0.05) is 35.3 Å². The fraction of sp³-hybridized carbons (Fsp3) is 0.625. The second kappa shape index (κ2) is 6.27. The van der Waals surface area contributed by atoms with Crippen LogP contribution in [0.25, 0.3) is 0 Å². The molecule has 2 rings (SSSR count). The van der Waals surface area contributed by atoms with E-state index in [9.17, 15) is 0 Å². The van der Waals surface area contributed by atoms with E-state index >= 15 is 0 Å². The summed E-state index contributed by atoms with van der Waals surface area (Å²) in [5, 5.41) is 3.73. The van der Waals surface area contributed by atoms with Gasteiger partial charge in [-0.25, -0.2) is 0 Å². The van der Waals surface area contributed by atoms with Gasteiger partial charge in [0.25, 0.3) is 0 Å². The Hall–Kier alpha value is -0.540. The van der Waals surface area contributed by atoms with Crippen molar-refractivity contribution in [2.45, 2.75) is 45.6 Å². The van der Waals surface area contributed by atoms with Crippen LogP contribution in [0, 0.1) is 0 Å². The van der Waals surface area contributed by atoms with E-state index in [-0.39, 0.29) is 5.54 Å². The highest BCUT2D eigenvalue weighted by Crippen LogP contribution is 2.29. The average Bonchev–Trinajstić information content (AvgIpc) is 2.47. The molecule has 1 N–H and O–H groups in total. The molecule has 1 aliphatic heterocycles. The third-order valence-electron chi connectivity index (χ3n) is 4.49. The van der Waals surface area contributed by atoms with Crippen LogP contribution in [-0.2, 0) is 6.42 Å². The smallest absolute Gasteiger partial charge is 0.0400 e. The zero-order valence-electron chi connectivity index (χ0n) is 12.3. The van der Waals surface area contributed by atoms with Crippen molar-refractivity contribution >= 4 is 21.6 Å². The van der Waals surface area contributed by atoms with Crippen molar-refractivity contribution in [2.75, 3.05) is 24.5 Å². The van der Waals surface area contributed by atoms with Crippen LogP contribution in [0.4, 0.5) is 5.69 Å². The molecular weight excluding hydrogens is 300 g/mol. The van der Waals surface area contributed by atoms with Crippen molar-refractivity contribution in [3.05, 3.63) is 28.2 Å². The van der Waals surface area contributed by atoms with Gasteiger partial charge < -0.3 is 10.2 Å². The van der Waals surface area contributed by atoms with Crippen LogP contribution in [0.2, 0.25) is 0 Å². The number of rotatable bonds is 4. The summed E-state index contributed by atoms with van der Waals surface area (Å²) in [4.78, 5) is 2.56. The minimum Gasteiger partial charge on any atom is -0.368 e. The fourth-order valence-electron chi connectivity index (χ4n) is 3.03. The second-order valence-electron chi connectivity index (χ2n) is 5.46. The summed E-state index contributed by atoms with van der Waals surface area (Å²) < 4.78 is 1.18. The van der Waals surface area contributed by atoms with E-state index in [1.165, 1.54) is 28.6 Å². The molecule has 0 amide bonds. The Kier molecular flexibility index (Phi) is 4.91. The molecule has 1 heterocycles. The number of aryl methyl sites for hydroxylation is 1. The van der Waals surface area contributed by atoms with Gasteiger partial charge in [-0.3, -0.25) is 0 Å². The summed E-state index contributed by atoms with van der Waals surface area (Å²) in [6.45, 7) is 10.1. The molecule has 0 spiro atoms. The van der Waals surface area contributed by atoms with Crippen molar-refractivity contribution in [2.24, 2.45) is 0 Å². The van der Waals surface area contributed by atoms with E-state index in [0.717, 1.165) is 26.1 Å². The summed E-state index contributed by atoms with van der Waals surface area (Å²) in [6, 6.07) is 6.69. The number of piperazine rings is 1. The lowest BCUT2D eigenvalue weighted by molar-refractivity contribution is 0.277. The molecule has 0 unspecified atom stereocenters. The third kappa shape index (κ3) is 3.14. The lowest BCUT2D eigenvalue weighted by Gasteiger charge is -2.44. The predicted molar refractivity (Wildman–Crippen MR) is 87.0 cm³/mol. The number of halogens is 1. The van der Waals surface area contributed by atoms with Gasteiger partial charge in [0.2, 0.25) is 0 Å². The number of nitrogens with zero attached hydrogens (tertiary/aromatic N) is 1. The molecule has 0 bridgehead atoms. The molecular formula is C16H25BrN2. The Morgan fingerprint density at radius 2 is 2.00 bits per heavy atom. The summed E-state index contributed by atoms with van der Waals surface area (Å²) in [7, 11) is 0. The van der Waals surface area contributed by atoms with Gasteiger partial charge in [0.05, 0.1) is 0 Å². The molecule has 1 aromatic carbocycles. The molecule has 1 aromatic rings. The Morgan fingerprint density at radius 1 is 1.26 bits per heavy atom. The maximum atomic E-state index is 3.73. The van der Waals surface area contributed by atoms with Gasteiger partial charge in [0.15, 0.2) is 0 Å². The fourth-order valence-corrected chi connectivity index (χ4v) is 3.44. The summed E-state index contributed by atoms with van der Waals surface area (Å²) in [5.41, 5.74) is 3.15. The van der Waals surface area contributed by atoms with Crippen LogP contribution >= 0.6 is 15.9 Å². The molecule has 0 atom stereocenters. The highest BCUT2D eigenvalue weighted by atomic mass is 79.9. The Bertz CT molecular complexity index is 427.